The fourth-order valence-electron chi connectivity index (χ4n) is 0.224. The standard InChI is InChI=1S/C3H9NSi.C3H9O3P.CO.2Fe.H/c1-5(2,3)4;1-4-7(5-2)6-3;1-2;;;/h1-3H3;1-3H3;;;;. The molecule has 0 atom stereocenters. The summed E-state index contributed by atoms with van der Waals surface area (Å²) in [5.41, 5.74) is 0. The summed E-state index contributed by atoms with van der Waals surface area (Å²) in [6.07, 6.45) is -2.10. The minimum absolute atomic E-state index is 1.12. The smallest absolute Gasteiger partial charge is 0.281 e. The first-order chi connectivity index (χ1) is 7.24. The zero-order chi connectivity index (χ0) is 13.8. The molecule has 0 spiro atoms. The summed E-state index contributed by atoms with van der Waals surface area (Å²) in [6.45, 7) is 11.0. The van der Waals surface area contributed by atoms with E-state index in [4.69, 9.17) is 18.4 Å². The van der Waals surface area contributed by atoms with Crippen LogP contribution in [0, 0.1) is 0 Å². The third-order valence-corrected chi connectivity index (χ3v) is 6.84. The van der Waals surface area contributed by atoms with Crippen LogP contribution in [-0.2, 0) is 49.3 Å². The molecule has 0 N–H and O–H groups in total. The van der Waals surface area contributed by atoms with Crippen molar-refractivity contribution in [2.24, 2.45) is 3.63 Å². The first kappa shape index (κ1) is 22.2. The number of nitrogens with zero attached hydrogens (tertiary/aromatic N) is 1. The Morgan fingerprint density at radius 3 is 1.31 bits per heavy atom. The first-order valence-corrected chi connectivity index (χ1v) is 11.0. The molecule has 0 saturated heterocycles. The molecule has 0 aromatic rings. The first-order valence-electron chi connectivity index (χ1n) is 4.03. The molecule has 0 bridgehead atoms. The van der Waals surface area contributed by atoms with E-state index in [-0.39, 0.29) is 0 Å². The van der Waals surface area contributed by atoms with Gasteiger partial charge < -0.3 is 0 Å². The van der Waals surface area contributed by atoms with Gasteiger partial charge in [-0.2, -0.15) is 0 Å². The Kier molecular flexibility index (Phi) is 17.4. The summed E-state index contributed by atoms with van der Waals surface area (Å²) < 4.78 is 18.4. The summed E-state index contributed by atoms with van der Waals surface area (Å²) >= 11 is 6.57. The molecule has 2 radical (unpaired) electrons. The summed E-state index contributed by atoms with van der Waals surface area (Å²) in [6, 6.07) is 0. The maximum atomic E-state index is 7.50. The summed E-state index contributed by atoms with van der Waals surface area (Å²) in [7, 11) is 3.45. The predicted molar refractivity (Wildman–Crippen MR) is 60.8 cm³/mol. The fraction of sp³-hybridized carbons (Fsp3) is 0.857. The van der Waals surface area contributed by atoms with E-state index in [0.717, 1.165) is 0 Å². The van der Waals surface area contributed by atoms with Crippen LogP contribution in [0.1, 0.15) is 0 Å². The molecule has 0 aromatic carbocycles. The van der Waals surface area contributed by atoms with Crippen LogP contribution < -0.4 is 0 Å². The van der Waals surface area contributed by atoms with Gasteiger partial charge in [0.25, 0.3) is 6.79 Å². The van der Waals surface area contributed by atoms with Crippen molar-refractivity contribution in [3.05, 3.63) is 0 Å². The fourth-order valence-corrected chi connectivity index (χ4v) is 0.671. The minimum atomic E-state index is -2.10. The van der Waals surface area contributed by atoms with Crippen molar-refractivity contribution in [1.82, 2.24) is 0 Å². The molecule has 0 heterocycles. The molecule has 0 aliphatic rings. The molecule has 9 heteroatoms. The molecule has 0 unspecified atom stereocenters. The van der Waals surface area contributed by atoms with Gasteiger partial charge >= 0.3 is 104 Å². The average Bonchev–Trinajstić information content (AvgIpc) is 2.30. The summed E-state index contributed by atoms with van der Waals surface area (Å²) in [5.74, 6) is 0. The normalized spacial score (nSPS) is 10.5. The van der Waals surface area contributed by atoms with Gasteiger partial charge in [-0.25, -0.2) is 0 Å². The summed E-state index contributed by atoms with van der Waals surface area (Å²) in [5, 5.41) is 0. The van der Waals surface area contributed by atoms with Crippen LogP contribution in [-0.4, -0.2) is 36.4 Å². The minimum Gasteiger partial charge on any atom is -0.281 e. The zero-order valence-electron chi connectivity index (χ0n) is 10.3. The number of rotatable bonds is 4. The third kappa shape index (κ3) is 17.4. The van der Waals surface area contributed by atoms with Gasteiger partial charge in [0.05, 0.1) is 0 Å². The van der Waals surface area contributed by atoms with Gasteiger partial charge in [-0.3, -0.25) is 4.79 Å². The van der Waals surface area contributed by atoms with Gasteiger partial charge in [0.1, 0.15) is 0 Å². The van der Waals surface area contributed by atoms with E-state index in [1.54, 1.807) is 0 Å². The second kappa shape index (κ2) is 12.5. The largest absolute Gasteiger partial charge is 0.281 e. The quantitative estimate of drug-likeness (QED) is 0.574. The predicted octanol–water partition coefficient (Wildman–Crippen LogP) is 2.04. The SMILES string of the molecule is CO[P](=[FeH])(OC)OC.C[Si](C)(C)[N]=[Fe].[C]=O. The van der Waals surface area contributed by atoms with Crippen LogP contribution in [0.4, 0.5) is 0 Å². The molecule has 0 amide bonds. The van der Waals surface area contributed by atoms with Crippen molar-refractivity contribution in [2.45, 2.75) is 19.6 Å². The van der Waals surface area contributed by atoms with E-state index >= 15 is 0 Å². The van der Waals surface area contributed by atoms with E-state index in [0.29, 0.717) is 0 Å². The van der Waals surface area contributed by atoms with Crippen molar-refractivity contribution < 1.29 is 49.3 Å². The van der Waals surface area contributed by atoms with Crippen molar-refractivity contribution in [3.63, 3.8) is 0 Å². The van der Waals surface area contributed by atoms with Crippen molar-refractivity contribution in [1.29, 1.82) is 0 Å². The molecular formula is C7H19Fe2NO4PSi. The van der Waals surface area contributed by atoms with Crippen LogP contribution in [0.5, 0.6) is 0 Å². The Bertz CT molecular complexity index is 206. The average molecular weight is 352 g/mol. The molecule has 0 aromatic heterocycles. The Balaban J connectivity index is -0.000000188. The van der Waals surface area contributed by atoms with Crippen LogP contribution in [0.2, 0.25) is 19.6 Å². The number of hydrogen-bond acceptors (Lipinski definition) is 5. The van der Waals surface area contributed by atoms with Crippen molar-refractivity contribution in [2.75, 3.05) is 21.3 Å². The van der Waals surface area contributed by atoms with E-state index in [1.165, 1.54) is 21.3 Å². The van der Waals surface area contributed by atoms with E-state index in [1.807, 2.05) is 0 Å². The maximum absolute atomic E-state index is 7.50. The van der Waals surface area contributed by atoms with Gasteiger partial charge in [-0.1, -0.05) is 0 Å². The molecule has 0 saturated carbocycles. The van der Waals surface area contributed by atoms with Crippen LogP contribution in [0.3, 0.4) is 0 Å². The molecule has 0 fully saturated rings. The Labute approximate surface area is 115 Å². The number of hydrogen-bond donors (Lipinski definition) is 0. The molecule has 0 aliphatic carbocycles. The van der Waals surface area contributed by atoms with Gasteiger partial charge in [-0.05, 0) is 0 Å². The second-order valence-electron chi connectivity index (χ2n) is 3.23. The number of carbonyl (C=O) groups excluding carboxylic acids is 1. The van der Waals surface area contributed by atoms with Crippen molar-refractivity contribution in [3.8, 4) is 0 Å². The van der Waals surface area contributed by atoms with E-state index < -0.39 is 14.4 Å². The topological polar surface area (TPSA) is 57.1 Å². The molecule has 5 nitrogen and oxygen atoms in total. The monoisotopic (exact) mass is 352 g/mol. The molecule has 0 aliphatic heterocycles. The zero-order valence-corrected chi connectivity index (χ0v) is 14.4. The Morgan fingerprint density at radius 2 is 1.31 bits per heavy atom. The van der Waals surface area contributed by atoms with E-state index in [2.05, 4.69) is 61.0 Å². The maximum Gasteiger partial charge on any atom is 0.281 e. The molecule has 16 heavy (non-hydrogen) atoms. The Morgan fingerprint density at radius 1 is 1.12 bits per heavy atom. The third-order valence-electron chi connectivity index (χ3n) is 0.891. The van der Waals surface area contributed by atoms with Crippen LogP contribution in [0.25, 0.3) is 0 Å². The van der Waals surface area contributed by atoms with Gasteiger partial charge in [0.2, 0.25) is 0 Å². The van der Waals surface area contributed by atoms with Crippen LogP contribution >= 0.6 is 6.19 Å². The van der Waals surface area contributed by atoms with Gasteiger partial charge in [0, 0.05) is 0 Å². The molecule has 0 rings (SSSR count). The summed E-state index contributed by atoms with van der Waals surface area (Å²) in [4.78, 5) is 7.50. The second-order valence-corrected chi connectivity index (χ2v) is 12.4. The van der Waals surface area contributed by atoms with E-state index in [9.17, 15) is 0 Å². The van der Waals surface area contributed by atoms with Crippen LogP contribution in [0.15, 0.2) is 3.63 Å². The van der Waals surface area contributed by atoms with Gasteiger partial charge in [0.15, 0.2) is 0 Å². The molecular weight excluding hydrogens is 333 g/mol. The van der Waals surface area contributed by atoms with Gasteiger partial charge in [-0.15, -0.1) is 0 Å². The molecule has 101 valence electrons. The Hall–Kier alpha value is 1.04. The van der Waals surface area contributed by atoms with Crippen molar-refractivity contribution >= 4 is 21.2 Å².